The summed E-state index contributed by atoms with van der Waals surface area (Å²) in [4.78, 5) is 28.9. The molecule has 2 N–H and O–H groups in total. The molecule has 1 aromatic heterocycles. The number of sulfonamides is 1. The summed E-state index contributed by atoms with van der Waals surface area (Å²) in [5.74, 6) is 0.0187. The number of carbonyl (C=O) groups is 1. The number of benzene rings is 1. The highest BCUT2D eigenvalue weighted by atomic mass is 32.2. The maximum Gasteiger partial charge on any atom is 0.248 e. The van der Waals surface area contributed by atoms with Crippen molar-refractivity contribution in [3.05, 3.63) is 40.7 Å². The van der Waals surface area contributed by atoms with E-state index in [1.54, 1.807) is 17.0 Å². The van der Waals surface area contributed by atoms with Crippen LogP contribution in [0.5, 0.6) is 0 Å². The Balaban J connectivity index is 1.86. The smallest absolute Gasteiger partial charge is 0.248 e. The van der Waals surface area contributed by atoms with E-state index in [0.29, 0.717) is 30.4 Å². The van der Waals surface area contributed by atoms with E-state index >= 15 is 0 Å². The zero-order valence-electron chi connectivity index (χ0n) is 16.3. The van der Waals surface area contributed by atoms with Gasteiger partial charge in [-0.2, -0.15) is 4.72 Å². The maximum atomic E-state index is 13.0. The van der Waals surface area contributed by atoms with Crippen LogP contribution in [-0.2, 0) is 14.8 Å². The standard InChI is InChI=1S/C20H27N3O4S/c1-14(2)12-18(20(25)23-10-4-3-5-11-23)22-28(26,27)16-7-8-17-15(13-16)6-9-19(24)21-17/h6-9,13-14,18,22H,3-5,10-12H2,1-2H3,(H,21,24)/t18-/m0/s1. The highest BCUT2D eigenvalue weighted by molar-refractivity contribution is 7.89. The van der Waals surface area contributed by atoms with E-state index in [0.717, 1.165) is 19.3 Å². The lowest BCUT2D eigenvalue weighted by Gasteiger charge is -2.31. The molecule has 152 valence electrons. The minimum absolute atomic E-state index is 0.0762. The molecule has 28 heavy (non-hydrogen) atoms. The number of hydrogen-bond donors (Lipinski definition) is 2. The normalized spacial score (nSPS) is 16.5. The molecule has 1 aromatic carbocycles. The Morgan fingerprint density at radius 3 is 2.54 bits per heavy atom. The predicted octanol–water partition coefficient (Wildman–Crippen LogP) is 2.23. The molecular weight excluding hydrogens is 378 g/mol. The Hall–Kier alpha value is -2.19. The SMILES string of the molecule is CC(C)C[C@H](NS(=O)(=O)c1ccc2[nH]c(=O)ccc2c1)C(=O)N1CCCCC1. The number of amides is 1. The molecule has 1 atom stereocenters. The predicted molar refractivity (Wildman–Crippen MR) is 109 cm³/mol. The lowest BCUT2D eigenvalue weighted by molar-refractivity contribution is -0.134. The summed E-state index contributed by atoms with van der Waals surface area (Å²) in [6.45, 7) is 5.30. The van der Waals surface area contributed by atoms with E-state index in [4.69, 9.17) is 0 Å². The minimum Gasteiger partial charge on any atom is -0.341 e. The van der Waals surface area contributed by atoms with Crippen LogP contribution in [0.2, 0.25) is 0 Å². The molecule has 0 bridgehead atoms. The molecule has 1 aliphatic rings. The van der Waals surface area contributed by atoms with Gasteiger partial charge in [0.1, 0.15) is 6.04 Å². The molecule has 0 unspecified atom stereocenters. The van der Waals surface area contributed by atoms with E-state index < -0.39 is 16.1 Å². The van der Waals surface area contributed by atoms with Crippen LogP contribution in [0.15, 0.2) is 40.0 Å². The fourth-order valence-corrected chi connectivity index (χ4v) is 4.80. The number of rotatable bonds is 6. The van der Waals surface area contributed by atoms with Crippen LogP contribution < -0.4 is 10.3 Å². The van der Waals surface area contributed by atoms with Crippen molar-refractivity contribution < 1.29 is 13.2 Å². The number of piperidine rings is 1. The first-order valence-electron chi connectivity index (χ1n) is 9.70. The Bertz CT molecular complexity index is 1010. The Labute approximate surface area is 165 Å². The molecule has 1 amide bonds. The van der Waals surface area contributed by atoms with Crippen molar-refractivity contribution in [2.75, 3.05) is 13.1 Å². The van der Waals surface area contributed by atoms with Crippen molar-refractivity contribution in [1.29, 1.82) is 0 Å². The van der Waals surface area contributed by atoms with Gasteiger partial charge in [-0.15, -0.1) is 0 Å². The quantitative estimate of drug-likeness (QED) is 0.770. The van der Waals surface area contributed by atoms with Crippen LogP contribution >= 0.6 is 0 Å². The maximum absolute atomic E-state index is 13.0. The molecule has 1 saturated heterocycles. The van der Waals surface area contributed by atoms with Gasteiger partial charge < -0.3 is 9.88 Å². The van der Waals surface area contributed by atoms with Gasteiger partial charge >= 0.3 is 0 Å². The van der Waals surface area contributed by atoms with Crippen LogP contribution in [-0.4, -0.2) is 43.3 Å². The molecule has 0 spiro atoms. The van der Waals surface area contributed by atoms with Crippen LogP contribution in [0.1, 0.15) is 39.5 Å². The molecule has 3 rings (SSSR count). The number of nitrogens with one attached hydrogen (secondary N) is 2. The Kier molecular flexibility index (Phi) is 6.20. The average Bonchev–Trinajstić information content (AvgIpc) is 2.66. The molecule has 2 aromatic rings. The third-order valence-corrected chi connectivity index (χ3v) is 6.45. The van der Waals surface area contributed by atoms with Gasteiger partial charge in [-0.3, -0.25) is 9.59 Å². The fraction of sp³-hybridized carbons (Fsp3) is 0.500. The van der Waals surface area contributed by atoms with E-state index in [1.165, 1.54) is 18.2 Å². The van der Waals surface area contributed by atoms with E-state index in [2.05, 4.69) is 9.71 Å². The van der Waals surface area contributed by atoms with Gasteiger partial charge in [0.25, 0.3) is 0 Å². The summed E-state index contributed by atoms with van der Waals surface area (Å²) in [6.07, 6.45) is 3.45. The summed E-state index contributed by atoms with van der Waals surface area (Å²) in [5.41, 5.74) is 0.319. The van der Waals surface area contributed by atoms with Gasteiger partial charge in [0, 0.05) is 24.7 Å². The van der Waals surface area contributed by atoms with Crippen molar-refractivity contribution in [3.63, 3.8) is 0 Å². The number of pyridine rings is 1. The Morgan fingerprint density at radius 1 is 1.14 bits per heavy atom. The lowest BCUT2D eigenvalue weighted by Crippen LogP contribution is -2.50. The van der Waals surface area contributed by atoms with Gasteiger partial charge in [-0.05, 0) is 61.3 Å². The number of nitrogens with zero attached hydrogens (tertiary/aromatic N) is 1. The van der Waals surface area contributed by atoms with E-state index in [1.807, 2.05) is 13.8 Å². The molecule has 2 heterocycles. The summed E-state index contributed by atoms with van der Waals surface area (Å²) in [5, 5.41) is 0.616. The van der Waals surface area contributed by atoms with Crippen molar-refractivity contribution in [1.82, 2.24) is 14.6 Å². The first kappa shape index (κ1) is 20.5. The zero-order chi connectivity index (χ0) is 20.3. The molecule has 0 aliphatic carbocycles. The molecule has 0 saturated carbocycles. The number of likely N-dealkylation sites (tertiary alicyclic amines) is 1. The van der Waals surface area contributed by atoms with Crippen molar-refractivity contribution in [2.24, 2.45) is 5.92 Å². The number of fused-ring (bicyclic) bond motifs is 1. The van der Waals surface area contributed by atoms with Gasteiger partial charge in [0.15, 0.2) is 0 Å². The summed E-state index contributed by atoms with van der Waals surface area (Å²) in [6, 6.07) is 6.67. The molecule has 8 heteroatoms. The second-order valence-electron chi connectivity index (χ2n) is 7.76. The van der Waals surface area contributed by atoms with Gasteiger partial charge in [-0.25, -0.2) is 8.42 Å². The largest absolute Gasteiger partial charge is 0.341 e. The van der Waals surface area contributed by atoms with Crippen molar-refractivity contribution in [3.8, 4) is 0 Å². The first-order chi connectivity index (χ1) is 13.3. The topological polar surface area (TPSA) is 99.3 Å². The van der Waals surface area contributed by atoms with Crippen molar-refractivity contribution >= 4 is 26.8 Å². The lowest BCUT2D eigenvalue weighted by atomic mass is 10.0. The van der Waals surface area contributed by atoms with E-state index in [-0.39, 0.29) is 22.3 Å². The number of aromatic nitrogens is 1. The third-order valence-electron chi connectivity index (χ3n) is 4.98. The zero-order valence-corrected chi connectivity index (χ0v) is 17.1. The van der Waals surface area contributed by atoms with E-state index in [9.17, 15) is 18.0 Å². The average molecular weight is 406 g/mol. The van der Waals surface area contributed by atoms with Crippen LogP contribution in [0.25, 0.3) is 10.9 Å². The number of aromatic amines is 1. The van der Waals surface area contributed by atoms with Crippen LogP contribution in [0, 0.1) is 5.92 Å². The minimum atomic E-state index is -3.88. The second-order valence-corrected chi connectivity index (χ2v) is 9.47. The monoisotopic (exact) mass is 405 g/mol. The highest BCUT2D eigenvalue weighted by Crippen LogP contribution is 2.19. The highest BCUT2D eigenvalue weighted by Gasteiger charge is 2.30. The number of hydrogen-bond acceptors (Lipinski definition) is 4. The summed E-state index contributed by atoms with van der Waals surface area (Å²) >= 11 is 0. The van der Waals surface area contributed by atoms with Crippen LogP contribution in [0.3, 0.4) is 0 Å². The molecule has 0 radical (unpaired) electrons. The molecular formula is C20H27N3O4S. The van der Waals surface area contributed by atoms with Gasteiger partial charge in [0.05, 0.1) is 4.90 Å². The number of H-pyrrole nitrogens is 1. The third kappa shape index (κ3) is 4.80. The first-order valence-corrected chi connectivity index (χ1v) is 11.2. The van der Waals surface area contributed by atoms with Crippen molar-refractivity contribution in [2.45, 2.75) is 50.5 Å². The molecule has 1 fully saturated rings. The van der Waals surface area contributed by atoms with Crippen LogP contribution in [0.4, 0.5) is 0 Å². The summed E-state index contributed by atoms with van der Waals surface area (Å²) in [7, 11) is -3.88. The summed E-state index contributed by atoms with van der Waals surface area (Å²) < 4.78 is 28.6. The second kappa shape index (κ2) is 8.45. The van der Waals surface area contributed by atoms with Gasteiger partial charge in [-0.1, -0.05) is 13.8 Å². The number of carbonyl (C=O) groups excluding carboxylic acids is 1. The fourth-order valence-electron chi connectivity index (χ4n) is 3.56. The molecule has 1 aliphatic heterocycles. The van der Waals surface area contributed by atoms with Gasteiger partial charge in [0.2, 0.25) is 21.5 Å². The Morgan fingerprint density at radius 2 is 1.86 bits per heavy atom. The molecule has 7 nitrogen and oxygen atoms in total.